The van der Waals surface area contributed by atoms with Crippen LogP contribution in [0, 0.1) is 0 Å². The SMILES string of the molecule is CCCCCC(=O)c1cccnc1S(=O)(=O)NCc1ccccc1. The number of aromatic nitrogens is 1. The second kappa shape index (κ2) is 8.70. The maximum Gasteiger partial charge on any atom is 0.259 e. The molecule has 0 aliphatic heterocycles. The summed E-state index contributed by atoms with van der Waals surface area (Å²) in [5.74, 6) is -0.184. The maximum atomic E-state index is 12.5. The summed E-state index contributed by atoms with van der Waals surface area (Å²) < 4.78 is 27.6. The first-order chi connectivity index (χ1) is 11.5. The van der Waals surface area contributed by atoms with Gasteiger partial charge in [-0.2, -0.15) is 0 Å². The van der Waals surface area contributed by atoms with Gasteiger partial charge in [-0.1, -0.05) is 50.1 Å². The third-order valence-corrected chi connectivity index (χ3v) is 5.00. The van der Waals surface area contributed by atoms with E-state index in [1.54, 1.807) is 6.07 Å². The molecule has 0 saturated heterocycles. The second-order valence-corrected chi connectivity index (χ2v) is 7.23. The number of carbonyl (C=O) groups excluding carboxylic acids is 1. The largest absolute Gasteiger partial charge is 0.294 e. The number of nitrogens with one attached hydrogen (secondary N) is 1. The standard InChI is InChI=1S/C18H22N2O3S/c1-2-3-5-12-17(21)16-11-8-13-19-18(16)24(22,23)20-14-15-9-6-4-7-10-15/h4,6-11,13,20H,2-3,5,12,14H2,1H3. The summed E-state index contributed by atoms with van der Waals surface area (Å²) in [7, 11) is -3.85. The molecule has 1 N–H and O–H groups in total. The molecule has 0 fully saturated rings. The molecule has 0 unspecified atom stereocenters. The first kappa shape index (κ1) is 18.3. The zero-order valence-corrected chi connectivity index (χ0v) is 14.6. The zero-order chi connectivity index (χ0) is 17.4. The van der Waals surface area contributed by atoms with Gasteiger partial charge < -0.3 is 0 Å². The Bertz CT molecular complexity index is 774. The molecule has 128 valence electrons. The van der Waals surface area contributed by atoms with Gasteiger partial charge in [-0.15, -0.1) is 0 Å². The molecule has 0 spiro atoms. The predicted octanol–water partition coefficient (Wildman–Crippen LogP) is 3.32. The van der Waals surface area contributed by atoms with Crippen molar-refractivity contribution in [2.45, 2.75) is 44.2 Å². The van der Waals surface area contributed by atoms with Crippen LogP contribution in [0.25, 0.3) is 0 Å². The number of rotatable bonds is 9. The molecule has 0 radical (unpaired) electrons. The fourth-order valence-corrected chi connectivity index (χ4v) is 3.49. The average Bonchev–Trinajstić information content (AvgIpc) is 2.61. The average molecular weight is 346 g/mol. The smallest absolute Gasteiger partial charge is 0.259 e. The molecule has 24 heavy (non-hydrogen) atoms. The van der Waals surface area contributed by atoms with Gasteiger partial charge in [0.25, 0.3) is 10.0 Å². The number of hydrogen-bond donors (Lipinski definition) is 1. The maximum absolute atomic E-state index is 12.5. The lowest BCUT2D eigenvalue weighted by atomic mass is 10.1. The number of benzene rings is 1. The number of carbonyl (C=O) groups is 1. The molecule has 2 aromatic rings. The first-order valence-corrected chi connectivity index (χ1v) is 9.54. The third-order valence-electron chi connectivity index (χ3n) is 3.64. The molecule has 6 heteroatoms. The van der Waals surface area contributed by atoms with Gasteiger partial charge >= 0.3 is 0 Å². The monoisotopic (exact) mass is 346 g/mol. The van der Waals surface area contributed by atoms with Gasteiger partial charge in [0.05, 0.1) is 5.56 Å². The minimum Gasteiger partial charge on any atom is -0.294 e. The Kier molecular flexibility index (Phi) is 6.63. The van der Waals surface area contributed by atoms with Crippen molar-refractivity contribution in [2.75, 3.05) is 0 Å². The summed E-state index contributed by atoms with van der Waals surface area (Å²) in [6, 6.07) is 12.3. The van der Waals surface area contributed by atoms with Crippen molar-refractivity contribution in [3.63, 3.8) is 0 Å². The highest BCUT2D eigenvalue weighted by Gasteiger charge is 2.23. The van der Waals surface area contributed by atoms with Gasteiger partial charge in [0.15, 0.2) is 10.8 Å². The van der Waals surface area contributed by atoms with E-state index in [9.17, 15) is 13.2 Å². The zero-order valence-electron chi connectivity index (χ0n) is 13.7. The Morgan fingerprint density at radius 3 is 2.54 bits per heavy atom. The number of sulfonamides is 1. The van der Waals surface area contributed by atoms with Crippen molar-refractivity contribution in [1.82, 2.24) is 9.71 Å². The second-order valence-electron chi connectivity index (χ2n) is 5.55. The van der Waals surface area contributed by atoms with Crippen molar-refractivity contribution in [2.24, 2.45) is 0 Å². The van der Waals surface area contributed by atoms with E-state index in [4.69, 9.17) is 0 Å². The van der Waals surface area contributed by atoms with Crippen molar-refractivity contribution in [3.05, 3.63) is 59.8 Å². The lowest BCUT2D eigenvalue weighted by Crippen LogP contribution is -2.26. The minimum absolute atomic E-state index is 0.156. The van der Waals surface area contributed by atoms with Crippen LogP contribution in [0.2, 0.25) is 0 Å². The van der Waals surface area contributed by atoms with Crippen molar-refractivity contribution < 1.29 is 13.2 Å². The Morgan fingerprint density at radius 2 is 1.83 bits per heavy atom. The van der Waals surface area contributed by atoms with E-state index in [0.717, 1.165) is 24.8 Å². The van der Waals surface area contributed by atoms with Gasteiger partial charge in [0.2, 0.25) is 0 Å². The molecular weight excluding hydrogens is 324 g/mol. The Hall–Kier alpha value is -2.05. The molecule has 1 aromatic carbocycles. The van der Waals surface area contributed by atoms with Gasteiger partial charge in [0.1, 0.15) is 0 Å². The Morgan fingerprint density at radius 1 is 1.08 bits per heavy atom. The van der Waals surface area contributed by atoms with Gasteiger partial charge in [0, 0.05) is 19.2 Å². The third kappa shape index (κ3) is 4.97. The fourth-order valence-electron chi connectivity index (χ4n) is 2.33. The number of unbranched alkanes of at least 4 members (excludes halogenated alkanes) is 2. The number of hydrogen-bond acceptors (Lipinski definition) is 4. The molecule has 1 heterocycles. The molecule has 5 nitrogen and oxygen atoms in total. The molecule has 1 aromatic heterocycles. The normalized spacial score (nSPS) is 11.4. The van der Waals surface area contributed by atoms with Crippen LogP contribution in [0.3, 0.4) is 0 Å². The van der Waals surface area contributed by atoms with Crippen molar-refractivity contribution in [3.8, 4) is 0 Å². The molecular formula is C18H22N2O3S. The highest BCUT2D eigenvalue weighted by atomic mass is 32.2. The lowest BCUT2D eigenvalue weighted by Gasteiger charge is -2.10. The molecule has 0 amide bonds. The minimum atomic E-state index is -3.85. The van der Waals surface area contributed by atoms with Crippen molar-refractivity contribution >= 4 is 15.8 Å². The Labute approximate surface area is 143 Å². The topological polar surface area (TPSA) is 76.1 Å². The van der Waals surface area contributed by atoms with Crippen LogP contribution >= 0.6 is 0 Å². The summed E-state index contributed by atoms with van der Waals surface area (Å²) in [5.41, 5.74) is 1.00. The van der Waals surface area contributed by atoms with E-state index in [1.807, 2.05) is 30.3 Å². The molecule has 2 rings (SSSR count). The molecule has 0 aliphatic rings. The first-order valence-electron chi connectivity index (χ1n) is 8.06. The Balaban J connectivity index is 2.16. The highest BCUT2D eigenvalue weighted by molar-refractivity contribution is 7.89. The van der Waals surface area contributed by atoms with Crippen LogP contribution in [0.4, 0.5) is 0 Å². The summed E-state index contributed by atoms with van der Waals surface area (Å²) in [5, 5.41) is -0.192. The summed E-state index contributed by atoms with van der Waals surface area (Å²) in [4.78, 5) is 16.3. The number of Topliss-reactive ketones (excluding diaryl/α,β-unsaturated/α-hetero) is 1. The van der Waals surface area contributed by atoms with Crippen LogP contribution in [0.1, 0.15) is 48.5 Å². The van der Waals surface area contributed by atoms with Crippen LogP contribution in [0.5, 0.6) is 0 Å². The lowest BCUT2D eigenvalue weighted by molar-refractivity contribution is 0.0975. The van der Waals surface area contributed by atoms with Gasteiger partial charge in [-0.05, 0) is 24.1 Å². The number of ketones is 1. The van der Waals surface area contributed by atoms with Gasteiger partial charge in [-0.3, -0.25) is 4.79 Å². The van der Waals surface area contributed by atoms with Crippen LogP contribution < -0.4 is 4.72 Å². The van der Waals surface area contributed by atoms with Crippen LogP contribution in [-0.2, 0) is 16.6 Å². The van der Waals surface area contributed by atoms with E-state index >= 15 is 0 Å². The van der Waals surface area contributed by atoms with E-state index in [1.165, 1.54) is 12.3 Å². The predicted molar refractivity (Wildman–Crippen MR) is 93.2 cm³/mol. The molecule has 0 aliphatic carbocycles. The number of nitrogens with zero attached hydrogens (tertiary/aromatic N) is 1. The van der Waals surface area contributed by atoms with E-state index < -0.39 is 10.0 Å². The quantitative estimate of drug-likeness (QED) is 0.558. The fraction of sp³-hybridized carbons (Fsp3) is 0.333. The molecule has 0 bridgehead atoms. The van der Waals surface area contributed by atoms with E-state index in [0.29, 0.717) is 6.42 Å². The van der Waals surface area contributed by atoms with E-state index in [2.05, 4.69) is 16.6 Å². The van der Waals surface area contributed by atoms with E-state index in [-0.39, 0.29) is 22.9 Å². The molecule has 0 atom stereocenters. The summed E-state index contributed by atoms with van der Waals surface area (Å²) in [6.07, 6.45) is 4.42. The van der Waals surface area contributed by atoms with Crippen LogP contribution in [-0.4, -0.2) is 19.2 Å². The van der Waals surface area contributed by atoms with Crippen molar-refractivity contribution in [1.29, 1.82) is 0 Å². The molecule has 0 saturated carbocycles. The summed E-state index contributed by atoms with van der Waals surface area (Å²) in [6.45, 7) is 2.21. The highest BCUT2D eigenvalue weighted by Crippen LogP contribution is 2.16. The van der Waals surface area contributed by atoms with Gasteiger partial charge in [-0.25, -0.2) is 18.1 Å². The van der Waals surface area contributed by atoms with Crippen LogP contribution in [0.15, 0.2) is 53.7 Å². The summed E-state index contributed by atoms with van der Waals surface area (Å²) >= 11 is 0. The number of pyridine rings is 1.